The Balaban J connectivity index is 1.83. The molecular formula is C20H26O4. The third-order valence-corrected chi connectivity index (χ3v) is 5.52. The summed E-state index contributed by atoms with van der Waals surface area (Å²) in [5.74, 6) is -0.238. The third-order valence-electron chi connectivity index (χ3n) is 5.52. The van der Waals surface area contributed by atoms with Crippen LogP contribution in [0.2, 0.25) is 0 Å². The van der Waals surface area contributed by atoms with Crippen LogP contribution in [0.25, 0.3) is 0 Å². The van der Waals surface area contributed by atoms with E-state index in [2.05, 4.69) is 19.9 Å². The molecule has 0 N–H and O–H groups in total. The van der Waals surface area contributed by atoms with Gasteiger partial charge in [0.15, 0.2) is 0 Å². The highest BCUT2D eigenvalue weighted by molar-refractivity contribution is 5.92. The van der Waals surface area contributed by atoms with Gasteiger partial charge in [-0.05, 0) is 76.5 Å². The predicted octanol–water partition coefficient (Wildman–Crippen LogP) is 3.81. The Hall–Kier alpha value is -1.68. The average Bonchev–Trinajstić information content (AvgIpc) is 3.12. The lowest BCUT2D eigenvalue weighted by Crippen LogP contribution is -2.12. The van der Waals surface area contributed by atoms with Crippen molar-refractivity contribution in [2.45, 2.75) is 77.1 Å². The monoisotopic (exact) mass is 330 g/mol. The summed E-state index contributed by atoms with van der Waals surface area (Å²) < 4.78 is 11.4. The Morgan fingerprint density at radius 1 is 1.25 bits per heavy atom. The molecule has 4 nitrogen and oxygen atoms in total. The number of epoxide rings is 1. The summed E-state index contributed by atoms with van der Waals surface area (Å²) in [6.45, 7) is 6.05. The molecule has 0 radical (unpaired) electrons. The van der Waals surface area contributed by atoms with Gasteiger partial charge in [0.05, 0.1) is 11.7 Å². The molecule has 3 rings (SSSR count). The van der Waals surface area contributed by atoms with Gasteiger partial charge < -0.3 is 9.47 Å². The second kappa shape index (κ2) is 6.67. The van der Waals surface area contributed by atoms with Gasteiger partial charge in [0, 0.05) is 5.57 Å². The Labute approximate surface area is 143 Å². The van der Waals surface area contributed by atoms with E-state index >= 15 is 0 Å². The molecule has 1 fully saturated rings. The van der Waals surface area contributed by atoms with Crippen LogP contribution in [0.1, 0.15) is 59.3 Å². The topological polar surface area (TPSA) is 55.9 Å². The maximum Gasteiger partial charge on any atom is 0.334 e. The van der Waals surface area contributed by atoms with Crippen molar-refractivity contribution in [2.24, 2.45) is 0 Å². The van der Waals surface area contributed by atoms with Gasteiger partial charge in [0.2, 0.25) is 0 Å². The van der Waals surface area contributed by atoms with Gasteiger partial charge in [-0.3, -0.25) is 4.79 Å². The predicted molar refractivity (Wildman–Crippen MR) is 91.5 cm³/mol. The highest BCUT2D eigenvalue weighted by Crippen LogP contribution is 2.43. The van der Waals surface area contributed by atoms with Gasteiger partial charge in [-0.2, -0.15) is 0 Å². The number of fused-ring (bicyclic) bond motifs is 2. The number of ether oxygens (including phenoxy) is 2. The zero-order chi connectivity index (χ0) is 17.3. The molecule has 1 aliphatic carbocycles. The third kappa shape index (κ3) is 3.54. The molecule has 0 amide bonds. The second-order valence-electron chi connectivity index (χ2n) is 7.38. The lowest BCUT2D eigenvalue weighted by atomic mass is 9.92. The first-order valence-electron chi connectivity index (χ1n) is 8.83. The molecular weight excluding hydrogens is 304 g/mol. The van der Waals surface area contributed by atoms with E-state index in [0.717, 1.165) is 43.1 Å². The van der Waals surface area contributed by atoms with Crippen LogP contribution in [0, 0.1) is 0 Å². The Bertz CT molecular complexity index is 640. The number of hydrogen-bond acceptors (Lipinski definition) is 4. The smallest absolute Gasteiger partial charge is 0.334 e. The van der Waals surface area contributed by atoms with Crippen LogP contribution >= 0.6 is 0 Å². The summed E-state index contributed by atoms with van der Waals surface area (Å²) in [6.07, 6.45) is 10.1. The number of allylic oxidation sites excluding steroid dienone is 3. The van der Waals surface area contributed by atoms with Crippen molar-refractivity contribution >= 4 is 12.3 Å². The molecule has 1 saturated heterocycles. The molecule has 0 aromatic carbocycles. The van der Waals surface area contributed by atoms with Gasteiger partial charge >= 0.3 is 5.97 Å². The minimum absolute atomic E-state index is 0.0453. The molecule has 4 heteroatoms. The molecule has 130 valence electrons. The molecule has 24 heavy (non-hydrogen) atoms. The summed E-state index contributed by atoms with van der Waals surface area (Å²) >= 11 is 0. The Kier molecular flexibility index (Phi) is 4.77. The van der Waals surface area contributed by atoms with E-state index in [4.69, 9.17) is 9.47 Å². The zero-order valence-electron chi connectivity index (χ0n) is 14.8. The highest BCUT2D eigenvalue weighted by atomic mass is 16.6. The first-order chi connectivity index (χ1) is 11.4. The van der Waals surface area contributed by atoms with Crippen molar-refractivity contribution < 1.29 is 19.1 Å². The molecule has 0 aromatic heterocycles. The van der Waals surface area contributed by atoms with E-state index in [-0.39, 0.29) is 17.7 Å². The SMILES string of the molecule is CC1=C2CC/C(C=O)=C/CC[C@]3(C)O[C@H]3CC/C(C)=C/[C@@H]2OC1=O. The zero-order valence-corrected chi connectivity index (χ0v) is 14.8. The minimum atomic E-state index is -0.278. The minimum Gasteiger partial charge on any atom is -0.450 e. The number of aldehydes is 1. The summed E-state index contributed by atoms with van der Waals surface area (Å²) in [5, 5.41) is 0. The van der Waals surface area contributed by atoms with E-state index in [1.54, 1.807) is 0 Å². The molecule has 3 atom stereocenters. The largest absolute Gasteiger partial charge is 0.450 e. The fourth-order valence-corrected chi connectivity index (χ4v) is 3.69. The van der Waals surface area contributed by atoms with Gasteiger partial charge in [-0.15, -0.1) is 0 Å². The molecule has 0 spiro atoms. The van der Waals surface area contributed by atoms with Gasteiger partial charge in [-0.25, -0.2) is 4.79 Å². The molecule has 0 aromatic rings. The first-order valence-corrected chi connectivity index (χ1v) is 8.83. The maximum absolute atomic E-state index is 11.9. The van der Waals surface area contributed by atoms with Crippen molar-refractivity contribution in [1.29, 1.82) is 0 Å². The number of hydrogen-bond donors (Lipinski definition) is 0. The second-order valence-corrected chi connectivity index (χ2v) is 7.38. The molecule has 3 aliphatic rings. The van der Waals surface area contributed by atoms with Crippen LogP contribution in [0.3, 0.4) is 0 Å². The Morgan fingerprint density at radius 3 is 2.79 bits per heavy atom. The number of carbonyl (C=O) groups excluding carboxylic acids is 2. The first kappa shape index (κ1) is 17.2. The number of carbonyl (C=O) groups is 2. The number of rotatable bonds is 1. The normalized spacial score (nSPS) is 38.7. The van der Waals surface area contributed by atoms with E-state index in [1.165, 1.54) is 5.57 Å². The van der Waals surface area contributed by atoms with Crippen molar-refractivity contribution in [1.82, 2.24) is 0 Å². The molecule has 0 bridgehead atoms. The number of esters is 1. The molecule has 2 heterocycles. The fourth-order valence-electron chi connectivity index (χ4n) is 3.69. The van der Waals surface area contributed by atoms with E-state index < -0.39 is 0 Å². The van der Waals surface area contributed by atoms with Gasteiger partial charge in [-0.1, -0.05) is 11.6 Å². The lowest BCUT2D eigenvalue weighted by molar-refractivity contribution is -0.138. The van der Waals surface area contributed by atoms with Crippen molar-refractivity contribution in [3.05, 3.63) is 34.4 Å². The van der Waals surface area contributed by atoms with E-state index in [0.29, 0.717) is 24.5 Å². The van der Waals surface area contributed by atoms with Crippen LogP contribution in [0.15, 0.2) is 34.4 Å². The standard InChI is InChI=1S/C20H26O4/c1-13-6-9-18-20(3,24-18)10-4-5-15(12-21)7-8-16-14(2)19(22)23-17(16)11-13/h5,11-12,17-18H,4,6-10H2,1-3H3/b13-11+,15-5-/t17-,18-,20-/m0/s1. The summed E-state index contributed by atoms with van der Waals surface area (Å²) in [5.41, 5.74) is 3.68. The summed E-state index contributed by atoms with van der Waals surface area (Å²) in [7, 11) is 0. The van der Waals surface area contributed by atoms with Crippen molar-refractivity contribution in [3.8, 4) is 0 Å². The van der Waals surface area contributed by atoms with Crippen LogP contribution in [0.4, 0.5) is 0 Å². The Morgan fingerprint density at radius 2 is 2.04 bits per heavy atom. The van der Waals surface area contributed by atoms with Crippen LogP contribution in [-0.2, 0) is 19.1 Å². The van der Waals surface area contributed by atoms with Gasteiger partial charge in [0.1, 0.15) is 12.4 Å². The molecule has 0 saturated carbocycles. The van der Waals surface area contributed by atoms with Crippen LogP contribution in [-0.4, -0.2) is 30.1 Å². The summed E-state index contributed by atoms with van der Waals surface area (Å²) in [4.78, 5) is 23.3. The fraction of sp³-hybridized carbons (Fsp3) is 0.600. The maximum atomic E-state index is 11.9. The molecule has 0 unspecified atom stereocenters. The molecule has 2 aliphatic heterocycles. The quantitative estimate of drug-likeness (QED) is 0.317. The van der Waals surface area contributed by atoms with Crippen molar-refractivity contribution in [2.75, 3.05) is 0 Å². The van der Waals surface area contributed by atoms with Crippen LogP contribution < -0.4 is 0 Å². The van der Waals surface area contributed by atoms with E-state index in [9.17, 15) is 9.59 Å². The summed E-state index contributed by atoms with van der Waals surface area (Å²) in [6, 6.07) is 0. The highest BCUT2D eigenvalue weighted by Gasteiger charge is 2.50. The van der Waals surface area contributed by atoms with E-state index in [1.807, 2.05) is 13.0 Å². The van der Waals surface area contributed by atoms with Crippen molar-refractivity contribution in [3.63, 3.8) is 0 Å². The van der Waals surface area contributed by atoms with Crippen LogP contribution in [0.5, 0.6) is 0 Å². The average molecular weight is 330 g/mol. The lowest BCUT2D eigenvalue weighted by Gasteiger charge is -2.13. The van der Waals surface area contributed by atoms with Gasteiger partial charge in [0.25, 0.3) is 0 Å².